The molecule has 1 aromatic rings. The first kappa shape index (κ1) is 12.3. The first-order valence-electron chi connectivity index (χ1n) is 5.38. The van der Waals surface area contributed by atoms with E-state index in [9.17, 15) is 14.0 Å². The lowest BCUT2D eigenvalue weighted by Gasteiger charge is -2.17. The Bertz CT molecular complexity index is 503. The number of hydrogen-bond acceptors (Lipinski definition) is 3. The number of carboxylic acids is 1. The first-order chi connectivity index (χ1) is 8.52. The van der Waals surface area contributed by atoms with E-state index in [-0.39, 0.29) is 12.0 Å². The standard InChI is InChI=1S/C12H12FNO4/c1-18-6-2-3-9(13)7(4-6)11-8(12(16)17)5-10(15)14-11/h2-4,8,11H,5H2,1H3,(H,14,15)(H,16,17)/t8?,11-/m1/s1. The van der Waals surface area contributed by atoms with Gasteiger partial charge in [0.05, 0.1) is 19.1 Å². The van der Waals surface area contributed by atoms with Gasteiger partial charge in [0.25, 0.3) is 0 Å². The summed E-state index contributed by atoms with van der Waals surface area (Å²) in [6.07, 6.45) is -0.142. The van der Waals surface area contributed by atoms with Gasteiger partial charge in [-0.1, -0.05) is 0 Å². The van der Waals surface area contributed by atoms with E-state index in [0.29, 0.717) is 5.75 Å². The smallest absolute Gasteiger partial charge is 0.309 e. The van der Waals surface area contributed by atoms with E-state index in [1.807, 2.05) is 0 Å². The van der Waals surface area contributed by atoms with E-state index in [1.165, 1.54) is 25.3 Å². The molecule has 0 aromatic heterocycles. The molecule has 6 heteroatoms. The Kier molecular flexibility index (Phi) is 3.18. The van der Waals surface area contributed by atoms with Crippen LogP contribution in [0.2, 0.25) is 0 Å². The van der Waals surface area contributed by atoms with Gasteiger partial charge in [0.15, 0.2) is 0 Å². The highest BCUT2D eigenvalue weighted by molar-refractivity contribution is 5.87. The molecular weight excluding hydrogens is 241 g/mol. The molecule has 1 aliphatic heterocycles. The molecule has 2 N–H and O–H groups in total. The molecule has 5 nitrogen and oxygen atoms in total. The van der Waals surface area contributed by atoms with E-state index in [2.05, 4.69) is 5.32 Å². The first-order valence-corrected chi connectivity index (χ1v) is 5.38. The number of methoxy groups -OCH3 is 1. The van der Waals surface area contributed by atoms with Crippen molar-refractivity contribution >= 4 is 11.9 Å². The number of amides is 1. The summed E-state index contributed by atoms with van der Waals surface area (Å²) in [7, 11) is 1.43. The topological polar surface area (TPSA) is 75.6 Å². The van der Waals surface area contributed by atoms with Gasteiger partial charge in [-0.3, -0.25) is 9.59 Å². The van der Waals surface area contributed by atoms with Gasteiger partial charge in [0, 0.05) is 12.0 Å². The Hall–Kier alpha value is -2.11. The molecule has 1 amide bonds. The van der Waals surface area contributed by atoms with E-state index < -0.39 is 29.7 Å². The number of halogens is 1. The molecule has 0 saturated carbocycles. The van der Waals surface area contributed by atoms with Gasteiger partial charge in [-0.2, -0.15) is 0 Å². The number of aliphatic carboxylic acids is 1. The van der Waals surface area contributed by atoms with Crippen LogP contribution in [-0.4, -0.2) is 24.1 Å². The molecular formula is C12H12FNO4. The fraction of sp³-hybridized carbons (Fsp3) is 0.333. The lowest BCUT2D eigenvalue weighted by atomic mass is 9.94. The number of nitrogens with one attached hydrogen (secondary N) is 1. The quantitative estimate of drug-likeness (QED) is 0.845. The molecule has 0 bridgehead atoms. The van der Waals surface area contributed by atoms with Crippen molar-refractivity contribution in [2.24, 2.45) is 5.92 Å². The van der Waals surface area contributed by atoms with Crippen molar-refractivity contribution in [3.05, 3.63) is 29.6 Å². The Morgan fingerprint density at radius 2 is 2.28 bits per heavy atom. The molecule has 0 spiro atoms. The third-order valence-corrected chi connectivity index (χ3v) is 2.98. The summed E-state index contributed by atoms with van der Waals surface area (Å²) < 4.78 is 18.7. The van der Waals surface area contributed by atoms with Crippen LogP contribution in [0.15, 0.2) is 18.2 Å². The predicted molar refractivity (Wildman–Crippen MR) is 59.6 cm³/mol. The predicted octanol–water partition coefficient (Wildman–Crippen LogP) is 1.10. The molecule has 0 radical (unpaired) electrons. The normalized spacial score (nSPS) is 22.7. The Morgan fingerprint density at radius 1 is 1.56 bits per heavy atom. The number of hydrogen-bond donors (Lipinski definition) is 2. The molecule has 18 heavy (non-hydrogen) atoms. The average molecular weight is 253 g/mol. The van der Waals surface area contributed by atoms with Crippen LogP contribution in [0.25, 0.3) is 0 Å². The van der Waals surface area contributed by atoms with Gasteiger partial charge in [0.1, 0.15) is 11.6 Å². The summed E-state index contributed by atoms with van der Waals surface area (Å²) in [5.74, 6) is -2.62. The zero-order valence-electron chi connectivity index (χ0n) is 9.64. The number of rotatable bonds is 3. The third kappa shape index (κ3) is 2.13. The van der Waals surface area contributed by atoms with Crippen molar-refractivity contribution in [1.82, 2.24) is 5.32 Å². The molecule has 1 aliphatic rings. The second kappa shape index (κ2) is 4.64. The molecule has 1 aromatic carbocycles. The Morgan fingerprint density at radius 3 is 2.89 bits per heavy atom. The summed E-state index contributed by atoms with van der Waals surface area (Å²) in [6, 6.07) is 3.18. The number of ether oxygens (including phenoxy) is 1. The minimum Gasteiger partial charge on any atom is -0.497 e. The van der Waals surface area contributed by atoms with Crippen molar-refractivity contribution in [2.75, 3.05) is 7.11 Å². The van der Waals surface area contributed by atoms with Crippen LogP contribution in [0.4, 0.5) is 4.39 Å². The maximum absolute atomic E-state index is 13.7. The van der Waals surface area contributed by atoms with Crippen LogP contribution in [-0.2, 0) is 9.59 Å². The Balaban J connectivity index is 2.40. The van der Waals surface area contributed by atoms with Gasteiger partial charge < -0.3 is 15.2 Å². The maximum Gasteiger partial charge on any atom is 0.309 e. The molecule has 1 fully saturated rings. The number of carbonyl (C=O) groups excluding carboxylic acids is 1. The average Bonchev–Trinajstić information content (AvgIpc) is 2.72. The summed E-state index contributed by atoms with van der Waals surface area (Å²) in [4.78, 5) is 22.3. The number of carboxylic acid groups (broad SMARTS) is 1. The highest BCUT2D eigenvalue weighted by atomic mass is 19.1. The van der Waals surface area contributed by atoms with Crippen molar-refractivity contribution in [2.45, 2.75) is 12.5 Å². The van der Waals surface area contributed by atoms with Crippen molar-refractivity contribution in [3.8, 4) is 5.75 Å². The van der Waals surface area contributed by atoms with Gasteiger partial charge in [-0.25, -0.2) is 4.39 Å². The fourth-order valence-electron chi connectivity index (χ4n) is 2.06. The summed E-state index contributed by atoms with van der Waals surface area (Å²) in [5.41, 5.74) is 0.132. The molecule has 1 heterocycles. The lowest BCUT2D eigenvalue weighted by Crippen LogP contribution is -2.25. The number of benzene rings is 1. The summed E-state index contributed by atoms with van der Waals surface area (Å²) in [6.45, 7) is 0. The molecule has 1 saturated heterocycles. The van der Waals surface area contributed by atoms with Crippen LogP contribution in [0.1, 0.15) is 18.0 Å². The monoisotopic (exact) mass is 253 g/mol. The lowest BCUT2D eigenvalue weighted by molar-refractivity contribution is -0.142. The van der Waals surface area contributed by atoms with Crippen molar-refractivity contribution in [1.29, 1.82) is 0 Å². The third-order valence-electron chi connectivity index (χ3n) is 2.98. The maximum atomic E-state index is 13.7. The van der Waals surface area contributed by atoms with Gasteiger partial charge in [0.2, 0.25) is 5.91 Å². The van der Waals surface area contributed by atoms with E-state index >= 15 is 0 Å². The fourth-order valence-corrected chi connectivity index (χ4v) is 2.06. The SMILES string of the molecule is COc1ccc(F)c([C@H]2NC(=O)CC2C(=O)O)c1. The Labute approximate surface area is 103 Å². The van der Waals surface area contributed by atoms with Crippen LogP contribution in [0.5, 0.6) is 5.75 Å². The van der Waals surface area contributed by atoms with E-state index in [4.69, 9.17) is 9.84 Å². The van der Waals surface area contributed by atoms with E-state index in [0.717, 1.165) is 0 Å². The molecule has 96 valence electrons. The minimum atomic E-state index is -1.12. The highest BCUT2D eigenvalue weighted by Crippen LogP contribution is 2.33. The summed E-state index contributed by atoms with van der Waals surface area (Å²) >= 11 is 0. The number of carbonyl (C=O) groups is 2. The van der Waals surface area contributed by atoms with Crippen molar-refractivity contribution < 1.29 is 23.8 Å². The van der Waals surface area contributed by atoms with Crippen LogP contribution >= 0.6 is 0 Å². The molecule has 0 aliphatic carbocycles. The zero-order chi connectivity index (χ0) is 13.3. The van der Waals surface area contributed by atoms with E-state index in [1.54, 1.807) is 0 Å². The second-order valence-corrected chi connectivity index (χ2v) is 4.08. The van der Waals surface area contributed by atoms with Crippen LogP contribution in [0.3, 0.4) is 0 Å². The largest absolute Gasteiger partial charge is 0.497 e. The van der Waals surface area contributed by atoms with Crippen LogP contribution < -0.4 is 10.1 Å². The van der Waals surface area contributed by atoms with Gasteiger partial charge >= 0.3 is 5.97 Å². The zero-order valence-corrected chi connectivity index (χ0v) is 9.64. The van der Waals surface area contributed by atoms with Gasteiger partial charge in [-0.05, 0) is 18.2 Å². The van der Waals surface area contributed by atoms with Crippen LogP contribution in [0, 0.1) is 11.7 Å². The highest BCUT2D eigenvalue weighted by Gasteiger charge is 2.39. The molecule has 2 atom stereocenters. The molecule has 1 unspecified atom stereocenters. The minimum absolute atomic E-state index is 0.132. The second-order valence-electron chi connectivity index (χ2n) is 4.08. The molecule has 2 rings (SSSR count). The summed E-state index contributed by atoms with van der Waals surface area (Å²) in [5, 5.41) is 11.5. The van der Waals surface area contributed by atoms with Crippen molar-refractivity contribution in [3.63, 3.8) is 0 Å². The van der Waals surface area contributed by atoms with Gasteiger partial charge in [-0.15, -0.1) is 0 Å².